The van der Waals surface area contributed by atoms with Gasteiger partial charge in [0.1, 0.15) is 11.6 Å². The lowest BCUT2D eigenvalue weighted by atomic mass is 10.1. The monoisotopic (exact) mass is 235 g/mol. The number of nitrogens with two attached hydrogens (primary N) is 1. The molecule has 0 unspecified atom stereocenters. The van der Waals surface area contributed by atoms with Gasteiger partial charge in [0.25, 0.3) is 0 Å². The Morgan fingerprint density at radius 2 is 2.12 bits per heavy atom. The summed E-state index contributed by atoms with van der Waals surface area (Å²) in [4.78, 5) is 4.51. The van der Waals surface area contributed by atoms with Crippen molar-refractivity contribution in [3.8, 4) is 0 Å². The van der Waals surface area contributed by atoms with Gasteiger partial charge in [-0.05, 0) is 38.5 Å². The van der Waals surface area contributed by atoms with Crippen molar-refractivity contribution in [2.45, 2.75) is 39.3 Å². The molecule has 17 heavy (non-hydrogen) atoms. The Bertz CT molecular complexity index is 537. The maximum Gasteiger partial charge on any atom is 0.129 e. The fourth-order valence-electron chi connectivity index (χ4n) is 2.04. The number of rotatable bonds is 3. The molecule has 2 N–H and O–H groups in total. The third kappa shape index (κ3) is 2.17. The smallest absolute Gasteiger partial charge is 0.129 e. The standard InChI is InChI=1S/C13H18FN3/c1-4-7-17-11-8-9(14)5-6-10(11)16-12(17)13(2,3)15/h5-6,8H,4,7,15H2,1-3H3. The molecular weight excluding hydrogens is 217 g/mol. The second kappa shape index (κ2) is 4.11. The largest absolute Gasteiger partial charge is 0.326 e. The van der Waals surface area contributed by atoms with Crippen molar-refractivity contribution in [2.75, 3.05) is 0 Å². The Balaban J connectivity index is 2.71. The third-order valence-corrected chi connectivity index (χ3v) is 2.73. The van der Waals surface area contributed by atoms with E-state index in [1.54, 1.807) is 6.07 Å². The van der Waals surface area contributed by atoms with Crippen LogP contribution in [0.15, 0.2) is 18.2 Å². The Hall–Kier alpha value is -1.42. The molecule has 0 fully saturated rings. The lowest BCUT2D eigenvalue weighted by Crippen LogP contribution is -2.32. The number of hydrogen-bond acceptors (Lipinski definition) is 2. The van der Waals surface area contributed by atoms with Crippen LogP contribution in [-0.2, 0) is 12.1 Å². The second-order valence-electron chi connectivity index (χ2n) is 4.94. The molecule has 0 amide bonds. The van der Waals surface area contributed by atoms with E-state index in [0.717, 1.165) is 29.8 Å². The van der Waals surface area contributed by atoms with Crippen LogP contribution in [0.2, 0.25) is 0 Å². The molecule has 0 atom stereocenters. The van der Waals surface area contributed by atoms with E-state index in [4.69, 9.17) is 5.73 Å². The summed E-state index contributed by atoms with van der Waals surface area (Å²) >= 11 is 0. The molecule has 0 aliphatic carbocycles. The molecule has 2 aromatic rings. The van der Waals surface area contributed by atoms with Crippen LogP contribution >= 0.6 is 0 Å². The lowest BCUT2D eigenvalue weighted by molar-refractivity contribution is 0.477. The first-order valence-corrected chi connectivity index (χ1v) is 5.88. The molecule has 0 aliphatic heterocycles. The Kier molecular flexibility index (Phi) is 2.91. The number of imidazole rings is 1. The first kappa shape index (κ1) is 12.0. The van der Waals surface area contributed by atoms with Gasteiger partial charge in [-0.2, -0.15) is 0 Å². The maximum atomic E-state index is 13.3. The Morgan fingerprint density at radius 3 is 2.71 bits per heavy atom. The zero-order valence-electron chi connectivity index (χ0n) is 10.5. The van der Waals surface area contributed by atoms with Gasteiger partial charge in [0.2, 0.25) is 0 Å². The van der Waals surface area contributed by atoms with Gasteiger partial charge >= 0.3 is 0 Å². The van der Waals surface area contributed by atoms with Gasteiger partial charge in [0.15, 0.2) is 0 Å². The SMILES string of the molecule is CCCn1c(C(C)(C)N)nc2ccc(F)cc21. The summed E-state index contributed by atoms with van der Waals surface area (Å²) < 4.78 is 15.3. The van der Waals surface area contributed by atoms with Gasteiger partial charge in [0.05, 0.1) is 16.6 Å². The minimum Gasteiger partial charge on any atom is -0.326 e. The summed E-state index contributed by atoms with van der Waals surface area (Å²) in [5, 5.41) is 0. The van der Waals surface area contributed by atoms with Crippen molar-refractivity contribution in [3.63, 3.8) is 0 Å². The van der Waals surface area contributed by atoms with Crippen LogP contribution in [0.5, 0.6) is 0 Å². The van der Waals surface area contributed by atoms with Crippen LogP contribution in [0.3, 0.4) is 0 Å². The predicted octanol–water partition coefficient (Wildman–Crippen LogP) is 2.78. The molecule has 0 radical (unpaired) electrons. The van der Waals surface area contributed by atoms with E-state index in [-0.39, 0.29) is 5.82 Å². The first-order chi connectivity index (χ1) is 7.93. The number of nitrogens with zero attached hydrogens (tertiary/aromatic N) is 2. The molecular formula is C13H18FN3. The van der Waals surface area contributed by atoms with Crippen molar-refractivity contribution < 1.29 is 4.39 Å². The maximum absolute atomic E-state index is 13.3. The summed E-state index contributed by atoms with van der Waals surface area (Å²) in [6, 6.07) is 4.65. The summed E-state index contributed by atoms with van der Waals surface area (Å²) in [6.07, 6.45) is 0.963. The number of hydrogen-bond donors (Lipinski definition) is 1. The van der Waals surface area contributed by atoms with E-state index in [9.17, 15) is 4.39 Å². The third-order valence-electron chi connectivity index (χ3n) is 2.73. The van der Waals surface area contributed by atoms with E-state index in [0.29, 0.717) is 0 Å². The van der Waals surface area contributed by atoms with Gasteiger partial charge in [-0.1, -0.05) is 6.92 Å². The van der Waals surface area contributed by atoms with Crippen molar-refractivity contribution in [1.82, 2.24) is 9.55 Å². The van der Waals surface area contributed by atoms with Crippen molar-refractivity contribution in [2.24, 2.45) is 5.73 Å². The van der Waals surface area contributed by atoms with Gasteiger partial charge in [0, 0.05) is 6.54 Å². The predicted molar refractivity (Wildman–Crippen MR) is 67.2 cm³/mol. The van der Waals surface area contributed by atoms with Gasteiger partial charge in [-0.25, -0.2) is 9.37 Å². The molecule has 0 aliphatic rings. The highest BCUT2D eigenvalue weighted by Gasteiger charge is 2.23. The topological polar surface area (TPSA) is 43.8 Å². The number of aryl methyl sites for hydroxylation is 1. The van der Waals surface area contributed by atoms with Gasteiger partial charge in [-0.15, -0.1) is 0 Å². The molecule has 92 valence electrons. The number of benzene rings is 1. The molecule has 1 aromatic carbocycles. The van der Waals surface area contributed by atoms with Crippen LogP contribution in [0.25, 0.3) is 11.0 Å². The normalized spacial score (nSPS) is 12.3. The zero-order valence-corrected chi connectivity index (χ0v) is 10.5. The average Bonchev–Trinajstić information content (AvgIpc) is 2.57. The molecule has 1 aromatic heterocycles. The second-order valence-corrected chi connectivity index (χ2v) is 4.94. The summed E-state index contributed by atoms with van der Waals surface area (Å²) in [5.41, 5.74) is 7.21. The van der Waals surface area contributed by atoms with Crippen molar-refractivity contribution in [3.05, 3.63) is 29.8 Å². The van der Waals surface area contributed by atoms with Gasteiger partial charge in [-0.3, -0.25) is 0 Å². The Morgan fingerprint density at radius 1 is 1.41 bits per heavy atom. The molecule has 0 saturated carbocycles. The van der Waals surface area contributed by atoms with E-state index >= 15 is 0 Å². The van der Waals surface area contributed by atoms with Crippen LogP contribution in [0.4, 0.5) is 4.39 Å². The highest BCUT2D eigenvalue weighted by Crippen LogP contribution is 2.24. The van der Waals surface area contributed by atoms with E-state index in [1.807, 2.05) is 18.4 Å². The molecule has 0 spiro atoms. The lowest BCUT2D eigenvalue weighted by Gasteiger charge is -2.19. The molecule has 4 heteroatoms. The number of halogens is 1. The van der Waals surface area contributed by atoms with Crippen molar-refractivity contribution >= 4 is 11.0 Å². The molecule has 0 bridgehead atoms. The fraction of sp³-hybridized carbons (Fsp3) is 0.462. The van der Waals surface area contributed by atoms with Crippen LogP contribution < -0.4 is 5.73 Å². The summed E-state index contributed by atoms with van der Waals surface area (Å²) in [5.74, 6) is 0.566. The average molecular weight is 235 g/mol. The molecule has 0 saturated heterocycles. The molecule has 1 heterocycles. The quantitative estimate of drug-likeness (QED) is 0.889. The summed E-state index contributed by atoms with van der Waals surface area (Å²) in [6.45, 7) is 6.71. The highest BCUT2D eigenvalue weighted by atomic mass is 19.1. The van der Waals surface area contributed by atoms with E-state index < -0.39 is 5.54 Å². The number of aromatic nitrogens is 2. The summed E-state index contributed by atoms with van der Waals surface area (Å²) in [7, 11) is 0. The van der Waals surface area contributed by atoms with E-state index in [1.165, 1.54) is 12.1 Å². The number of fused-ring (bicyclic) bond motifs is 1. The minimum atomic E-state index is -0.523. The highest BCUT2D eigenvalue weighted by molar-refractivity contribution is 5.76. The zero-order chi connectivity index (χ0) is 12.6. The Labute approximate surface area is 100 Å². The van der Waals surface area contributed by atoms with Crippen LogP contribution in [0, 0.1) is 5.82 Å². The first-order valence-electron chi connectivity index (χ1n) is 5.88. The van der Waals surface area contributed by atoms with Gasteiger partial charge < -0.3 is 10.3 Å². The molecule has 2 rings (SSSR count). The minimum absolute atomic E-state index is 0.240. The fourth-order valence-corrected chi connectivity index (χ4v) is 2.04. The van der Waals surface area contributed by atoms with Crippen molar-refractivity contribution in [1.29, 1.82) is 0 Å². The van der Waals surface area contributed by atoms with E-state index in [2.05, 4.69) is 11.9 Å². The van der Waals surface area contributed by atoms with Crippen LogP contribution in [-0.4, -0.2) is 9.55 Å². The van der Waals surface area contributed by atoms with Crippen LogP contribution in [0.1, 0.15) is 33.0 Å². The molecule has 3 nitrogen and oxygen atoms in total.